The van der Waals surface area contributed by atoms with E-state index in [1.54, 1.807) is 35.4 Å². The smallest absolute Gasteiger partial charge is 0.411 e. The zero-order chi connectivity index (χ0) is 30.9. The number of aliphatic hydroxyl groups is 1. The summed E-state index contributed by atoms with van der Waals surface area (Å²) in [4.78, 5) is 44.6. The minimum atomic E-state index is -1.76. The van der Waals surface area contributed by atoms with E-state index in [-0.39, 0.29) is 35.5 Å². The largest absolute Gasteiger partial charge is 0.453 e. The van der Waals surface area contributed by atoms with E-state index in [0.717, 1.165) is 12.1 Å². The van der Waals surface area contributed by atoms with Gasteiger partial charge in [-0.2, -0.15) is 0 Å². The third-order valence-corrected chi connectivity index (χ3v) is 8.00. The number of carbonyl (C=O) groups excluding carboxylic acids is 3. The lowest BCUT2D eigenvalue weighted by molar-refractivity contribution is -0.133. The Labute approximate surface area is 251 Å². The summed E-state index contributed by atoms with van der Waals surface area (Å²) in [5.74, 6) is -2.81. The highest BCUT2D eigenvalue weighted by atomic mass is 35.5. The van der Waals surface area contributed by atoms with Crippen LogP contribution in [0.5, 0.6) is 0 Å². The maximum Gasteiger partial charge on any atom is 0.411 e. The first-order valence-corrected chi connectivity index (χ1v) is 14.0. The van der Waals surface area contributed by atoms with Crippen LogP contribution in [-0.4, -0.2) is 52.2 Å². The number of halogens is 3. The number of nitrogens with one attached hydrogen (secondary N) is 2. The van der Waals surface area contributed by atoms with Gasteiger partial charge in [-0.15, -0.1) is 0 Å². The van der Waals surface area contributed by atoms with Gasteiger partial charge in [-0.05, 0) is 80.1 Å². The standard InChI is InChI=1S/C31H29ClF2N4O5/c1-31(42)11-3-4-25(38-13-10-18(15-26(38)39)27-22(33)8-7-21(32)28(27)34)24-14-17(9-12-35-24)20-6-5-19(36-30(41)43-2)16-23(20)37-29(31)40/h5-9,12,14-16,25,42H,3-4,10-11,13H2,1-2H3,(H,36,41)(H,37,40). The number of carbonyl (C=O) groups is 3. The summed E-state index contributed by atoms with van der Waals surface area (Å²) in [6.07, 6.45) is 3.09. The van der Waals surface area contributed by atoms with Crippen LogP contribution < -0.4 is 10.6 Å². The Bertz CT molecular complexity index is 1640. The molecule has 2 bridgehead atoms. The molecule has 2 unspecified atom stereocenters. The molecule has 0 fully saturated rings. The molecule has 43 heavy (non-hydrogen) atoms. The average Bonchev–Trinajstić information content (AvgIpc) is 2.97. The summed E-state index contributed by atoms with van der Waals surface area (Å²) < 4.78 is 33.9. The number of hydrogen-bond donors (Lipinski definition) is 3. The first kappa shape index (κ1) is 30.1. The molecule has 2 aliphatic heterocycles. The number of hydrogen-bond acceptors (Lipinski definition) is 6. The van der Waals surface area contributed by atoms with Gasteiger partial charge in [-0.1, -0.05) is 17.7 Å². The number of rotatable bonds is 3. The van der Waals surface area contributed by atoms with Crippen molar-refractivity contribution >= 4 is 46.5 Å². The van der Waals surface area contributed by atoms with Gasteiger partial charge >= 0.3 is 6.09 Å². The molecule has 0 radical (unpaired) electrons. The molecule has 9 nitrogen and oxygen atoms in total. The number of anilines is 2. The van der Waals surface area contributed by atoms with Gasteiger partial charge in [-0.25, -0.2) is 13.6 Å². The molecule has 3 heterocycles. The van der Waals surface area contributed by atoms with Crippen LogP contribution in [0.1, 0.15) is 49.9 Å². The molecule has 12 heteroatoms. The van der Waals surface area contributed by atoms with Crippen LogP contribution in [0, 0.1) is 11.6 Å². The summed E-state index contributed by atoms with van der Waals surface area (Å²) in [6, 6.07) is 10.1. The molecule has 0 saturated heterocycles. The average molecular weight is 611 g/mol. The molecule has 224 valence electrons. The maximum atomic E-state index is 14.7. The SMILES string of the molecule is COC(=O)Nc1ccc2c(c1)NC(=O)C(C)(O)CCCC(N1CCC(c3c(F)ccc(Cl)c3F)=CC1=O)c1cc-2ccn1. The Morgan fingerprint density at radius 2 is 2.00 bits per heavy atom. The minimum Gasteiger partial charge on any atom is -0.453 e. The van der Waals surface area contributed by atoms with E-state index >= 15 is 0 Å². The summed E-state index contributed by atoms with van der Waals surface area (Å²) in [7, 11) is 1.23. The Morgan fingerprint density at radius 3 is 2.74 bits per heavy atom. The van der Waals surface area contributed by atoms with Gasteiger partial charge in [0.05, 0.1) is 35.1 Å². The Hall–Kier alpha value is -4.35. The highest BCUT2D eigenvalue weighted by Gasteiger charge is 2.34. The van der Waals surface area contributed by atoms with Crippen LogP contribution >= 0.6 is 11.6 Å². The lowest BCUT2D eigenvalue weighted by Crippen LogP contribution is -2.41. The number of amides is 3. The highest BCUT2D eigenvalue weighted by Crippen LogP contribution is 2.38. The van der Waals surface area contributed by atoms with Gasteiger partial charge in [-0.3, -0.25) is 19.9 Å². The van der Waals surface area contributed by atoms with Gasteiger partial charge in [0.2, 0.25) is 5.91 Å². The van der Waals surface area contributed by atoms with Gasteiger partial charge in [0.15, 0.2) is 5.82 Å². The lowest BCUT2D eigenvalue weighted by Gasteiger charge is -2.35. The molecule has 5 rings (SSSR count). The van der Waals surface area contributed by atoms with Gasteiger partial charge in [0.25, 0.3) is 5.91 Å². The number of benzene rings is 2. The molecular formula is C31H29ClF2N4O5. The van der Waals surface area contributed by atoms with Crippen LogP contribution in [0.2, 0.25) is 5.02 Å². The quantitative estimate of drug-likeness (QED) is 0.309. The second-order valence-corrected chi connectivity index (χ2v) is 11.1. The Morgan fingerprint density at radius 1 is 1.21 bits per heavy atom. The zero-order valence-electron chi connectivity index (χ0n) is 23.4. The highest BCUT2D eigenvalue weighted by molar-refractivity contribution is 6.31. The molecule has 2 aliphatic rings. The van der Waals surface area contributed by atoms with Gasteiger partial charge in [0.1, 0.15) is 11.4 Å². The Balaban J connectivity index is 1.54. The van der Waals surface area contributed by atoms with Crippen LogP contribution in [0.3, 0.4) is 0 Å². The molecule has 2 aromatic carbocycles. The molecule has 0 spiro atoms. The topological polar surface area (TPSA) is 121 Å². The van der Waals surface area contributed by atoms with E-state index < -0.39 is 41.2 Å². The van der Waals surface area contributed by atoms with Crippen molar-refractivity contribution in [1.82, 2.24) is 9.88 Å². The summed E-state index contributed by atoms with van der Waals surface area (Å²) >= 11 is 5.88. The number of nitrogens with zero attached hydrogens (tertiary/aromatic N) is 2. The van der Waals surface area contributed by atoms with Crippen molar-refractivity contribution in [3.8, 4) is 11.1 Å². The number of methoxy groups -OCH3 is 1. The van der Waals surface area contributed by atoms with Crippen molar-refractivity contribution in [2.24, 2.45) is 0 Å². The number of ether oxygens (including phenoxy) is 1. The third-order valence-electron chi connectivity index (χ3n) is 7.71. The number of fused-ring (bicyclic) bond motifs is 4. The fourth-order valence-electron chi connectivity index (χ4n) is 5.40. The van der Waals surface area contributed by atoms with Crippen molar-refractivity contribution in [3.63, 3.8) is 0 Å². The van der Waals surface area contributed by atoms with Gasteiger partial charge < -0.3 is 20.1 Å². The minimum absolute atomic E-state index is 0.0759. The van der Waals surface area contributed by atoms with Crippen LogP contribution in [0.15, 0.2) is 54.7 Å². The second-order valence-electron chi connectivity index (χ2n) is 10.7. The fraction of sp³-hybridized carbons (Fsp3) is 0.290. The van der Waals surface area contributed by atoms with Crippen LogP contribution in [0.25, 0.3) is 16.7 Å². The van der Waals surface area contributed by atoms with E-state index in [4.69, 9.17) is 11.6 Å². The molecule has 0 saturated carbocycles. The lowest BCUT2D eigenvalue weighted by atomic mass is 9.91. The monoisotopic (exact) mass is 610 g/mol. The Kier molecular flexibility index (Phi) is 8.48. The predicted octanol–water partition coefficient (Wildman–Crippen LogP) is 6.09. The molecule has 3 N–H and O–H groups in total. The van der Waals surface area contributed by atoms with Crippen molar-refractivity contribution in [1.29, 1.82) is 0 Å². The summed E-state index contributed by atoms with van der Waals surface area (Å²) in [6.45, 7) is 1.56. The number of aromatic nitrogens is 1. The van der Waals surface area contributed by atoms with Crippen molar-refractivity contribution in [2.45, 2.75) is 44.2 Å². The molecule has 1 aromatic heterocycles. The summed E-state index contributed by atoms with van der Waals surface area (Å²) in [5, 5.41) is 16.2. The van der Waals surface area contributed by atoms with E-state index in [1.165, 1.54) is 20.1 Å². The zero-order valence-corrected chi connectivity index (χ0v) is 24.2. The van der Waals surface area contributed by atoms with Crippen LogP contribution in [-0.2, 0) is 14.3 Å². The normalized spacial score (nSPS) is 20.7. The second kappa shape index (κ2) is 12.1. The van der Waals surface area contributed by atoms with Gasteiger partial charge in [0, 0.05) is 30.1 Å². The summed E-state index contributed by atoms with van der Waals surface area (Å²) in [5.41, 5.74) is 0.642. The van der Waals surface area contributed by atoms with Crippen molar-refractivity contribution in [3.05, 3.63) is 82.7 Å². The first-order valence-electron chi connectivity index (χ1n) is 13.6. The maximum absolute atomic E-state index is 14.7. The van der Waals surface area contributed by atoms with Crippen molar-refractivity contribution in [2.75, 3.05) is 24.3 Å². The number of pyridine rings is 1. The third kappa shape index (κ3) is 6.23. The first-order chi connectivity index (χ1) is 20.5. The molecule has 3 amide bonds. The van der Waals surface area contributed by atoms with E-state index in [9.17, 15) is 28.3 Å². The molecule has 2 atom stereocenters. The molecule has 3 aromatic rings. The van der Waals surface area contributed by atoms with E-state index in [0.29, 0.717) is 41.0 Å². The fourth-order valence-corrected chi connectivity index (χ4v) is 5.56. The van der Waals surface area contributed by atoms with E-state index in [1.807, 2.05) is 6.07 Å². The van der Waals surface area contributed by atoms with Crippen molar-refractivity contribution < 1.29 is 33.0 Å². The predicted molar refractivity (Wildman–Crippen MR) is 157 cm³/mol. The molecule has 0 aliphatic carbocycles. The van der Waals surface area contributed by atoms with Crippen LogP contribution in [0.4, 0.5) is 25.0 Å². The molecular weight excluding hydrogens is 582 g/mol. The van der Waals surface area contributed by atoms with E-state index in [2.05, 4.69) is 20.4 Å².